The smallest absolute Gasteiger partial charge is 0.305 e. The fraction of sp³-hybridized carbons (Fsp3) is 0.600. The molecular weight excluding hydrogens is 270 g/mol. The zero-order valence-electron chi connectivity index (χ0n) is 13.0. The van der Waals surface area contributed by atoms with Crippen LogP contribution in [-0.4, -0.2) is 30.7 Å². The van der Waals surface area contributed by atoms with Gasteiger partial charge in [0.25, 0.3) is 0 Å². The van der Waals surface area contributed by atoms with Crippen LogP contribution in [0.3, 0.4) is 0 Å². The molecule has 6 nitrogen and oxygen atoms in total. The number of pyridine rings is 1. The number of ether oxygens (including phenoxy) is 2. The molecular formula is C15H25N3O3. The average Bonchev–Trinajstić information content (AvgIpc) is 2.44. The average molecular weight is 295 g/mol. The fourth-order valence-electron chi connectivity index (χ4n) is 1.59. The maximum atomic E-state index is 11.2. The zero-order chi connectivity index (χ0) is 15.7. The van der Waals surface area contributed by atoms with E-state index >= 15 is 0 Å². The summed E-state index contributed by atoms with van der Waals surface area (Å²) in [4.78, 5) is 15.5. The van der Waals surface area contributed by atoms with Crippen LogP contribution >= 0.6 is 0 Å². The molecule has 0 amide bonds. The Kier molecular flexibility index (Phi) is 7.36. The van der Waals surface area contributed by atoms with Crippen LogP contribution < -0.4 is 15.8 Å². The highest BCUT2D eigenvalue weighted by molar-refractivity contribution is 5.69. The lowest BCUT2D eigenvalue weighted by Gasteiger charge is -2.12. The lowest BCUT2D eigenvalue weighted by atomic mass is 10.2. The van der Waals surface area contributed by atoms with Crippen LogP contribution in [0, 0.1) is 5.92 Å². The SMILES string of the molecule is CCOC(=O)CCCNc1ccc(N)c(OCC(C)C)n1. The van der Waals surface area contributed by atoms with E-state index in [-0.39, 0.29) is 5.97 Å². The van der Waals surface area contributed by atoms with Crippen LogP contribution in [0.5, 0.6) is 5.88 Å². The van der Waals surface area contributed by atoms with Crippen LogP contribution in [0.25, 0.3) is 0 Å². The summed E-state index contributed by atoms with van der Waals surface area (Å²) in [6.45, 7) is 7.56. The number of hydrogen-bond acceptors (Lipinski definition) is 6. The lowest BCUT2D eigenvalue weighted by molar-refractivity contribution is -0.143. The van der Waals surface area contributed by atoms with Gasteiger partial charge in [0.05, 0.1) is 18.9 Å². The summed E-state index contributed by atoms with van der Waals surface area (Å²) >= 11 is 0. The molecule has 0 aliphatic rings. The van der Waals surface area contributed by atoms with Gasteiger partial charge in [0.1, 0.15) is 5.82 Å². The van der Waals surface area contributed by atoms with Gasteiger partial charge in [-0.05, 0) is 31.4 Å². The Balaban J connectivity index is 2.41. The molecule has 1 aromatic rings. The number of nitrogens with two attached hydrogens (primary N) is 1. The Morgan fingerprint density at radius 2 is 2.19 bits per heavy atom. The summed E-state index contributed by atoms with van der Waals surface area (Å²) in [5, 5.41) is 3.14. The molecule has 0 spiro atoms. The van der Waals surface area contributed by atoms with Crippen molar-refractivity contribution >= 4 is 17.5 Å². The number of nitrogens with one attached hydrogen (secondary N) is 1. The number of nitrogen functional groups attached to an aromatic ring is 1. The Bertz CT molecular complexity index is 450. The van der Waals surface area contributed by atoms with Gasteiger partial charge in [-0.25, -0.2) is 0 Å². The summed E-state index contributed by atoms with van der Waals surface area (Å²) in [6, 6.07) is 3.55. The number of aromatic nitrogens is 1. The van der Waals surface area contributed by atoms with Gasteiger partial charge in [0.2, 0.25) is 5.88 Å². The second-order valence-electron chi connectivity index (χ2n) is 5.13. The summed E-state index contributed by atoms with van der Waals surface area (Å²) in [6.07, 6.45) is 1.08. The van der Waals surface area contributed by atoms with Gasteiger partial charge in [-0.1, -0.05) is 13.8 Å². The molecule has 1 heterocycles. The monoisotopic (exact) mass is 295 g/mol. The van der Waals surface area contributed by atoms with E-state index in [2.05, 4.69) is 24.1 Å². The number of carbonyl (C=O) groups is 1. The minimum atomic E-state index is -0.175. The second kappa shape index (κ2) is 9.05. The minimum absolute atomic E-state index is 0.175. The Hall–Kier alpha value is -1.98. The molecule has 21 heavy (non-hydrogen) atoms. The molecule has 118 valence electrons. The van der Waals surface area contributed by atoms with E-state index < -0.39 is 0 Å². The molecule has 0 aliphatic heterocycles. The van der Waals surface area contributed by atoms with Crippen molar-refractivity contribution in [1.29, 1.82) is 0 Å². The number of nitrogens with zero attached hydrogens (tertiary/aromatic N) is 1. The molecule has 0 unspecified atom stereocenters. The Labute approximate surface area is 126 Å². The largest absolute Gasteiger partial charge is 0.476 e. The van der Waals surface area contributed by atoms with Crippen molar-refractivity contribution in [3.63, 3.8) is 0 Å². The van der Waals surface area contributed by atoms with E-state index in [1.165, 1.54) is 0 Å². The molecule has 0 aromatic carbocycles. The van der Waals surface area contributed by atoms with Crippen molar-refractivity contribution in [2.24, 2.45) is 5.92 Å². The first-order valence-electron chi connectivity index (χ1n) is 7.31. The molecule has 6 heteroatoms. The van der Waals surface area contributed by atoms with E-state index in [9.17, 15) is 4.79 Å². The number of carbonyl (C=O) groups excluding carboxylic acids is 1. The van der Waals surface area contributed by atoms with Gasteiger partial charge in [0, 0.05) is 13.0 Å². The van der Waals surface area contributed by atoms with E-state index in [1.54, 1.807) is 19.1 Å². The predicted molar refractivity (Wildman–Crippen MR) is 83.3 cm³/mol. The fourth-order valence-corrected chi connectivity index (χ4v) is 1.59. The lowest BCUT2D eigenvalue weighted by Crippen LogP contribution is -2.11. The summed E-state index contributed by atoms with van der Waals surface area (Å²) in [5.41, 5.74) is 6.35. The van der Waals surface area contributed by atoms with Gasteiger partial charge >= 0.3 is 5.97 Å². The molecule has 0 saturated carbocycles. The Morgan fingerprint density at radius 1 is 1.43 bits per heavy atom. The normalized spacial score (nSPS) is 10.5. The number of rotatable bonds is 9. The van der Waals surface area contributed by atoms with Crippen molar-refractivity contribution < 1.29 is 14.3 Å². The van der Waals surface area contributed by atoms with Crippen LogP contribution in [0.1, 0.15) is 33.6 Å². The molecule has 0 aliphatic carbocycles. The predicted octanol–water partition coefficient (Wildman–Crippen LogP) is 2.45. The maximum Gasteiger partial charge on any atom is 0.305 e. The van der Waals surface area contributed by atoms with E-state index in [4.69, 9.17) is 15.2 Å². The topological polar surface area (TPSA) is 86.5 Å². The molecule has 0 fully saturated rings. The van der Waals surface area contributed by atoms with Gasteiger partial charge in [0.15, 0.2) is 0 Å². The number of hydrogen-bond donors (Lipinski definition) is 2. The molecule has 0 atom stereocenters. The zero-order valence-corrected chi connectivity index (χ0v) is 13.0. The third-order valence-corrected chi connectivity index (χ3v) is 2.61. The second-order valence-corrected chi connectivity index (χ2v) is 5.13. The van der Waals surface area contributed by atoms with Crippen molar-refractivity contribution in [2.75, 3.05) is 30.8 Å². The van der Waals surface area contributed by atoms with Gasteiger partial charge < -0.3 is 20.5 Å². The van der Waals surface area contributed by atoms with Crippen LogP contribution in [0.2, 0.25) is 0 Å². The van der Waals surface area contributed by atoms with Crippen molar-refractivity contribution in [3.8, 4) is 5.88 Å². The summed E-state index contributed by atoms with van der Waals surface area (Å²) in [7, 11) is 0. The molecule has 3 N–H and O–H groups in total. The summed E-state index contributed by atoms with van der Waals surface area (Å²) in [5.74, 6) is 1.36. The first kappa shape index (κ1) is 17.1. The van der Waals surface area contributed by atoms with Gasteiger partial charge in [-0.3, -0.25) is 4.79 Å². The van der Waals surface area contributed by atoms with Crippen molar-refractivity contribution in [2.45, 2.75) is 33.6 Å². The van der Waals surface area contributed by atoms with E-state index in [1.807, 2.05) is 0 Å². The van der Waals surface area contributed by atoms with E-state index in [0.717, 1.165) is 0 Å². The first-order valence-corrected chi connectivity index (χ1v) is 7.31. The standard InChI is InChI=1S/C15H25N3O3/c1-4-20-14(19)6-5-9-17-13-8-7-12(16)15(18-13)21-10-11(2)3/h7-8,11H,4-6,9-10,16H2,1-3H3,(H,17,18). The van der Waals surface area contributed by atoms with Crippen LogP contribution in [0.4, 0.5) is 11.5 Å². The Morgan fingerprint density at radius 3 is 2.86 bits per heavy atom. The minimum Gasteiger partial charge on any atom is -0.476 e. The highest BCUT2D eigenvalue weighted by Gasteiger charge is 2.06. The number of anilines is 2. The molecule has 1 rings (SSSR count). The van der Waals surface area contributed by atoms with Gasteiger partial charge in [-0.15, -0.1) is 0 Å². The molecule has 0 radical (unpaired) electrons. The van der Waals surface area contributed by atoms with Crippen molar-refractivity contribution in [1.82, 2.24) is 4.98 Å². The first-order chi connectivity index (χ1) is 10.0. The quantitative estimate of drug-likeness (QED) is 0.537. The maximum absolute atomic E-state index is 11.2. The highest BCUT2D eigenvalue weighted by atomic mass is 16.5. The van der Waals surface area contributed by atoms with Crippen molar-refractivity contribution in [3.05, 3.63) is 12.1 Å². The third kappa shape index (κ3) is 6.83. The van der Waals surface area contributed by atoms with E-state index in [0.29, 0.717) is 55.9 Å². The van der Waals surface area contributed by atoms with Crippen LogP contribution in [0.15, 0.2) is 12.1 Å². The van der Waals surface area contributed by atoms with Gasteiger partial charge in [-0.2, -0.15) is 4.98 Å². The molecule has 0 bridgehead atoms. The highest BCUT2D eigenvalue weighted by Crippen LogP contribution is 2.21. The third-order valence-electron chi connectivity index (χ3n) is 2.61. The van der Waals surface area contributed by atoms with Crippen LogP contribution in [-0.2, 0) is 9.53 Å². The molecule has 0 saturated heterocycles. The summed E-state index contributed by atoms with van der Waals surface area (Å²) < 4.78 is 10.4. The molecule has 1 aromatic heterocycles. The number of esters is 1.